The minimum Gasteiger partial charge on any atom is -0.381 e. The van der Waals surface area contributed by atoms with E-state index in [1.165, 1.54) is 6.33 Å². The highest BCUT2D eigenvalue weighted by atomic mass is 16.5. The minimum absolute atomic E-state index is 0.422. The van der Waals surface area contributed by atoms with Crippen molar-refractivity contribution in [2.75, 3.05) is 13.2 Å². The van der Waals surface area contributed by atoms with Crippen molar-refractivity contribution in [1.82, 2.24) is 10.1 Å². The quantitative estimate of drug-likeness (QED) is 0.604. The maximum Gasteiger partial charge on any atom is 0.229 e. The molecule has 1 aliphatic rings. The average molecular weight is 154 g/mol. The van der Waals surface area contributed by atoms with Crippen LogP contribution in [0.3, 0.4) is 0 Å². The van der Waals surface area contributed by atoms with E-state index in [1.807, 2.05) is 0 Å². The summed E-state index contributed by atoms with van der Waals surface area (Å²) in [5.74, 6) is 1.18. The van der Waals surface area contributed by atoms with Gasteiger partial charge in [0.2, 0.25) is 5.89 Å². The van der Waals surface area contributed by atoms with Crippen LogP contribution in [0.2, 0.25) is 0 Å². The van der Waals surface area contributed by atoms with E-state index >= 15 is 0 Å². The van der Waals surface area contributed by atoms with Crippen LogP contribution < -0.4 is 0 Å². The van der Waals surface area contributed by atoms with Gasteiger partial charge < -0.3 is 9.26 Å². The molecule has 0 spiro atoms. The van der Waals surface area contributed by atoms with Crippen molar-refractivity contribution in [2.24, 2.45) is 0 Å². The van der Waals surface area contributed by atoms with E-state index in [9.17, 15) is 0 Å². The Balaban J connectivity index is 2.04. The summed E-state index contributed by atoms with van der Waals surface area (Å²) < 4.78 is 10.2. The van der Waals surface area contributed by atoms with E-state index in [4.69, 9.17) is 9.26 Å². The lowest BCUT2D eigenvalue weighted by Gasteiger charge is -2.17. The van der Waals surface area contributed by atoms with Crippen LogP contribution in [0.4, 0.5) is 0 Å². The van der Waals surface area contributed by atoms with Crippen molar-refractivity contribution in [2.45, 2.75) is 18.8 Å². The highest BCUT2D eigenvalue weighted by Gasteiger charge is 2.19. The van der Waals surface area contributed by atoms with Gasteiger partial charge in [-0.25, -0.2) is 0 Å². The molecule has 2 rings (SSSR count). The molecule has 0 aliphatic carbocycles. The number of hydrogen-bond acceptors (Lipinski definition) is 4. The maximum atomic E-state index is 5.21. The van der Waals surface area contributed by atoms with Gasteiger partial charge in [-0.1, -0.05) is 5.16 Å². The van der Waals surface area contributed by atoms with Gasteiger partial charge in [-0.15, -0.1) is 0 Å². The molecule has 60 valence electrons. The molecule has 11 heavy (non-hydrogen) atoms. The SMILES string of the molecule is c1noc(C2CCOCC2)n1. The summed E-state index contributed by atoms with van der Waals surface area (Å²) in [5.41, 5.74) is 0. The first-order valence-corrected chi connectivity index (χ1v) is 3.81. The lowest BCUT2D eigenvalue weighted by atomic mass is 10.0. The predicted molar refractivity (Wildman–Crippen MR) is 37.1 cm³/mol. The van der Waals surface area contributed by atoms with E-state index in [1.54, 1.807) is 0 Å². The summed E-state index contributed by atoms with van der Waals surface area (Å²) in [5, 5.41) is 3.57. The zero-order valence-electron chi connectivity index (χ0n) is 6.19. The molecule has 0 N–H and O–H groups in total. The minimum atomic E-state index is 0.422. The van der Waals surface area contributed by atoms with Crippen LogP contribution in [-0.4, -0.2) is 23.4 Å². The van der Waals surface area contributed by atoms with Gasteiger partial charge in [0.25, 0.3) is 0 Å². The van der Waals surface area contributed by atoms with E-state index in [2.05, 4.69) is 10.1 Å². The highest BCUT2D eigenvalue weighted by molar-refractivity contribution is 4.89. The number of ether oxygens (including phenoxy) is 1. The van der Waals surface area contributed by atoms with Gasteiger partial charge in [0.1, 0.15) is 0 Å². The van der Waals surface area contributed by atoms with Crippen LogP contribution in [0.25, 0.3) is 0 Å². The normalized spacial score (nSPS) is 20.4. The third kappa shape index (κ3) is 1.40. The Kier molecular flexibility index (Phi) is 1.85. The second-order valence-corrected chi connectivity index (χ2v) is 2.67. The number of hydrogen-bond donors (Lipinski definition) is 0. The third-order valence-electron chi connectivity index (χ3n) is 1.95. The molecule has 1 aromatic heterocycles. The Morgan fingerprint density at radius 1 is 1.36 bits per heavy atom. The molecular formula is C7H10N2O2. The van der Waals surface area contributed by atoms with E-state index < -0.39 is 0 Å². The molecule has 0 saturated carbocycles. The molecule has 4 heteroatoms. The van der Waals surface area contributed by atoms with Gasteiger partial charge in [-0.3, -0.25) is 0 Å². The topological polar surface area (TPSA) is 48.2 Å². The van der Waals surface area contributed by atoms with Crippen LogP contribution in [0, 0.1) is 0 Å². The first-order chi connectivity index (χ1) is 5.47. The summed E-state index contributed by atoms with van der Waals surface area (Å²) >= 11 is 0. The zero-order chi connectivity index (χ0) is 7.52. The number of aromatic nitrogens is 2. The zero-order valence-corrected chi connectivity index (χ0v) is 6.19. The summed E-state index contributed by atoms with van der Waals surface area (Å²) in [7, 11) is 0. The second-order valence-electron chi connectivity index (χ2n) is 2.67. The predicted octanol–water partition coefficient (Wildman–Crippen LogP) is 0.964. The van der Waals surface area contributed by atoms with Gasteiger partial charge in [-0.2, -0.15) is 4.98 Å². The Morgan fingerprint density at radius 2 is 2.18 bits per heavy atom. The van der Waals surface area contributed by atoms with Crippen molar-refractivity contribution in [3.63, 3.8) is 0 Å². The lowest BCUT2D eigenvalue weighted by Crippen LogP contribution is -2.14. The van der Waals surface area contributed by atoms with Crippen molar-refractivity contribution in [3.05, 3.63) is 12.2 Å². The highest BCUT2D eigenvalue weighted by Crippen LogP contribution is 2.24. The molecule has 0 aromatic carbocycles. The molecule has 1 aromatic rings. The first-order valence-electron chi connectivity index (χ1n) is 3.81. The van der Waals surface area contributed by atoms with Crippen molar-refractivity contribution < 1.29 is 9.26 Å². The van der Waals surface area contributed by atoms with E-state index in [-0.39, 0.29) is 0 Å². The molecule has 4 nitrogen and oxygen atoms in total. The standard InChI is InChI=1S/C7H10N2O2/c1-3-10-4-2-6(1)7-8-5-9-11-7/h5-6H,1-4H2. The monoisotopic (exact) mass is 154 g/mol. The Hall–Kier alpha value is -0.900. The van der Waals surface area contributed by atoms with Gasteiger partial charge in [0.05, 0.1) is 0 Å². The van der Waals surface area contributed by atoms with Crippen molar-refractivity contribution in [3.8, 4) is 0 Å². The van der Waals surface area contributed by atoms with Crippen LogP contribution in [-0.2, 0) is 4.74 Å². The molecule has 1 fully saturated rings. The van der Waals surface area contributed by atoms with Gasteiger partial charge in [0.15, 0.2) is 6.33 Å². The molecule has 2 heterocycles. The van der Waals surface area contributed by atoms with Crippen LogP contribution in [0.5, 0.6) is 0 Å². The smallest absolute Gasteiger partial charge is 0.229 e. The fourth-order valence-corrected chi connectivity index (χ4v) is 1.31. The Morgan fingerprint density at radius 3 is 2.82 bits per heavy atom. The number of rotatable bonds is 1. The molecule has 0 radical (unpaired) electrons. The third-order valence-corrected chi connectivity index (χ3v) is 1.95. The maximum absolute atomic E-state index is 5.21. The Labute approximate surface area is 64.5 Å². The molecule has 0 atom stereocenters. The fraction of sp³-hybridized carbons (Fsp3) is 0.714. The molecule has 0 bridgehead atoms. The number of nitrogens with zero attached hydrogens (tertiary/aromatic N) is 2. The Bertz CT molecular complexity index is 204. The largest absolute Gasteiger partial charge is 0.381 e. The van der Waals surface area contributed by atoms with Crippen molar-refractivity contribution in [1.29, 1.82) is 0 Å². The summed E-state index contributed by atoms with van der Waals surface area (Å²) in [4.78, 5) is 4.01. The molecule has 1 aliphatic heterocycles. The second kappa shape index (κ2) is 3.00. The van der Waals surface area contributed by atoms with Gasteiger partial charge in [-0.05, 0) is 12.8 Å². The summed E-state index contributed by atoms with van der Waals surface area (Å²) in [6.07, 6.45) is 3.45. The molecule has 1 saturated heterocycles. The molecular weight excluding hydrogens is 144 g/mol. The lowest BCUT2D eigenvalue weighted by molar-refractivity contribution is 0.0778. The van der Waals surface area contributed by atoms with E-state index in [0.29, 0.717) is 5.92 Å². The van der Waals surface area contributed by atoms with Crippen LogP contribution in [0.15, 0.2) is 10.9 Å². The van der Waals surface area contributed by atoms with Crippen LogP contribution in [0.1, 0.15) is 24.7 Å². The van der Waals surface area contributed by atoms with Crippen LogP contribution >= 0.6 is 0 Å². The van der Waals surface area contributed by atoms with Crippen molar-refractivity contribution >= 4 is 0 Å². The molecule has 0 unspecified atom stereocenters. The van der Waals surface area contributed by atoms with Gasteiger partial charge in [0, 0.05) is 19.1 Å². The van der Waals surface area contributed by atoms with E-state index in [0.717, 1.165) is 31.9 Å². The first kappa shape index (κ1) is 6.79. The molecule has 0 amide bonds. The fourth-order valence-electron chi connectivity index (χ4n) is 1.31. The van der Waals surface area contributed by atoms with Gasteiger partial charge >= 0.3 is 0 Å². The summed E-state index contributed by atoms with van der Waals surface area (Å²) in [6.45, 7) is 1.63. The summed E-state index contributed by atoms with van der Waals surface area (Å²) in [6, 6.07) is 0. The average Bonchev–Trinajstić information content (AvgIpc) is 2.58.